The van der Waals surface area contributed by atoms with E-state index in [9.17, 15) is 8.42 Å². The maximum absolute atomic E-state index is 11.7. The normalized spacial score (nSPS) is 10.8. The van der Waals surface area contributed by atoms with Gasteiger partial charge < -0.3 is 5.32 Å². The molecule has 0 aromatic heterocycles. The van der Waals surface area contributed by atoms with Crippen LogP contribution < -0.4 is 10.0 Å². The SMILES string of the molecule is C#CCCNc1ccccc1S(=O)(=O)NC. The average molecular weight is 238 g/mol. The van der Waals surface area contributed by atoms with Crippen LogP contribution >= 0.6 is 0 Å². The molecule has 16 heavy (non-hydrogen) atoms. The first-order valence-corrected chi connectivity index (χ1v) is 6.30. The first-order valence-electron chi connectivity index (χ1n) is 4.81. The molecule has 4 nitrogen and oxygen atoms in total. The zero-order valence-corrected chi connectivity index (χ0v) is 9.84. The van der Waals surface area contributed by atoms with Crippen LogP contribution in [0.15, 0.2) is 29.2 Å². The Bertz CT molecular complexity index is 489. The number of hydrogen-bond acceptors (Lipinski definition) is 3. The third-order valence-electron chi connectivity index (χ3n) is 2.03. The monoisotopic (exact) mass is 238 g/mol. The van der Waals surface area contributed by atoms with Crippen LogP contribution in [0, 0.1) is 12.3 Å². The highest BCUT2D eigenvalue weighted by Crippen LogP contribution is 2.19. The Morgan fingerprint density at radius 2 is 2.06 bits per heavy atom. The van der Waals surface area contributed by atoms with Crippen molar-refractivity contribution in [2.75, 3.05) is 18.9 Å². The van der Waals surface area contributed by atoms with Gasteiger partial charge in [-0.15, -0.1) is 12.3 Å². The summed E-state index contributed by atoms with van der Waals surface area (Å²) in [6.07, 6.45) is 5.67. The first kappa shape index (κ1) is 12.6. The molecular weight excluding hydrogens is 224 g/mol. The van der Waals surface area contributed by atoms with Crippen LogP contribution in [0.25, 0.3) is 0 Å². The minimum absolute atomic E-state index is 0.231. The van der Waals surface area contributed by atoms with Gasteiger partial charge in [0.2, 0.25) is 10.0 Å². The van der Waals surface area contributed by atoms with Gasteiger partial charge in [-0.25, -0.2) is 13.1 Å². The van der Waals surface area contributed by atoms with Gasteiger partial charge in [0.1, 0.15) is 4.90 Å². The zero-order valence-electron chi connectivity index (χ0n) is 9.03. The van der Waals surface area contributed by atoms with Crippen LogP contribution in [0.1, 0.15) is 6.42 Å². The number of nitrogens with one attached hydrogen (secondary N) is 2. The van der Waals surface area contributed by atoms with Crippen LogP contribution in [0.4, 0.5) is 5.69 Å². The van der Waals surface area contributed by atoms with Crippen molar-refractivity contribution in [1.82, 2.24) is 4.72 Å². The molecule has 1 aromatic carbocycles. The van der Waals surface area contributed by atoms with Crippen LogP contribution in [-0.4, -0.2) is 22.0 Å². The van der Waals surface area contributed by atoms with Crippen LogP contribution in [-0.2, 0) is 10.0 Å². The van der Waals surface area contributed by atoms with Gasteiger partial charge in [-0.1, -0.05) is 12.1 Å². The summed E-state index contributed by atoms with van der Waals surface area (Å²) in [6.45, 7) is 0.548. The van der Waals surface area contributed by atoms with Crippen molar-refractivity contribution in [3.63, 3.8) is 0 Å². The molecule has 0 aliphatic heterocycles. The van der Waals surface area contributed by atoms with Gasteiger partial charge in [0.05, 0.1) is 5.69 Å². The topological polar surface area (TPSA) is 58.2 Å². The summed E-state index contributed by atoms with van der Waals surface area (Å²) in [7, 11) is -2.05. The standard InChI is InChI=1S/C11H14N2O2S/c1-3-4-9-13-10-7-5-6-8-11(10)16(14,15)12-2/h1,5-8,12-13H,4,9H2,2H3. The highest BCUT2D eigenvalue weighted by Gasteiger charge is 2.15. The van der Waals surface area contributed by atoms with Gasteiger partial charge in [0.25, 0.3) is 0 Å². The van der Waals surface area contributed by atoms with Gasteiger partial charge in [0.15, 0.2) is 0 Å². The maximum Gasteiger partial charge on any atom is 0.242 e. The number of rotatable bonds is 5. The molecule has 0 aliphatic rings. The average Bonchev–Trinajstić information content (AvgIpc) is 2.30. The Morgan fingerprint density at radius 1 is 1.38 bits per heavy atom. The fraction of sp³-hybridized carbons (Fsp3) is 0.273. The summed E-state index contributed by atoms with van der Waals surface area (Å²) in [4.78, 5) is 0.231. The maximum atomic E-state index is 11.7. The molecule has 0 radical (unpaired) electrons. The van der Waals surface area contributed by atoms with Crippen molar-refractivity contribution >= 4 is 15.7 Å². The Kier molecular flexibility index (Phi) is 4.35. The second-order valence-electron chi connectivity index (χ2n) is 3.08. The largest absolute Gasteiger partial charge is 0.383 e. The summed E-state index contributed by atoms with van der Waals surface area (Å²) >= 11 is 0. The van der Waals surface area contributed by atoms with E-state index in [0.717, 1.165) is 0 Å². The molecule has 0 heterocycles. The minimum atomic E-state index is -3.43. The lowest BCUT2D eigenvalue weighted by atomic mass is 10.3. The van der Waals surface area contributed by atoms with E-state index in [1.807, 2.05) is 0 Å². The van der Waals surface area contributed by atoms with Gasteiger partial charge in [-0.05, 0) is 19.2 Å². The van der Waals surface area contributed by atoms with E-state index < -0.39 is 10.0 Å². The molecule has 0 aliphatic carbocycles. The van der Waals surface area contributed by atoms with Gasteiger partial charge in [-0.3, -0.25) is 0 Å². The summed E-state index contributed by atoms with van der Waals surface area (Å²) < 4.78 is 25.6. The lowest BCUT2D eigenvalue weighted by molar-refractivity contribution is 0.588. The fourth-order valence-electron chi connectivity index (χ4n) is 1.23. The highest BCUT2D eigenvalue weighted by molar-refractivity contribution is 7.89. The quantitative estimate of drug-likeness (QED) is 0.595. The van der Waals surface area contributed by atoms with E-state index in [1.54, 1.807) is 24.3 Å². The van der Waals surface area contributed by atoms with E-state index in [-0.39, 0.29) is 4.90 Å². The van der Waals surface area contributed by atoms with Crippen LogP contribution in [0.5, 0.6) is 0 Å². The Morgan fingerprint density at radius 3 is 2.69 bits per heavy atom. The van der Waals surface area contributed by atoms with Crippen molar-refractivity contribution in [1.29, 1.82) is 0 Å². The van der Waals surface area contributed by atoms with Gasteiger partial charge in [0, 0.05) is 13.0 Å². The fourth-order valence-corrected chi connectivity index (χ4v) is 2.13. The predicted octanol–water partition coefficient (Wildman–Crippen LogP) is 1.03. The minimum Gasteiger partial charge on any atom is -0.383 e. The van der Waals surface area contributed by atoms with Crippen LogP contribution in [0.2, 0.25) is 0 Å². The van der Waals surface area contributed by atoms with Crippen molar-refractivity contribution in [3.05, 3.63) is 24.3 Å². The van der Waals surface area contributed by atoms with E-state index in [0.29, 0.717) is 18.7 Å². The molecule has 0 bridgehead atoms. The molecule has 1 aromatic rings. The van der Waals surface area contributed by atoms with Crippen molar-refractivity contribution < 1.29 is 8.42 Å². The lowest BCUT2D eigenvalue weighted by Crippen LogP contribution is -2.20. The predicted molar refractivity (Wildman–Crippen MR) is 64.6 cm³/mol. The second kappa shape index (κ2) is 5.54. The second-order valence-corrected chi connectivity index (χ2v) is 4.94. The molecular formula is C11H14N2O2S. The summed E-state index contributed by atoms with van der Waals surface area (Å²) in [5.74, 6) is 2.48. The third-order valence-corrected chi connectivity index (χ3v) is 3.50. The molecule has 86 valence electrons. The molecule has 0 fully saturated rings. The molecule has 0 saturated heterocycles. The summed E-state index contributed by atoms with van der Waals surface area (Å²) in [5, 5.41) is 2.99. The molecule has 0 amide bonds. The summed E-state index contributed by atoms with van der Waals surface area (Å²) in [6, 6.07) is 6.70. The third kappa shape index (κ3) is 2.99. The van der Waals surface area contributed by atoms with Gasteiger partial charge >= 0.3 is 0 Å². The molecule has 0 spiro atoms. The first-order chi connectivity index (χ1) is 7.61. The Balaban J connectivity index is 2.98. The number of terminal acetylenes is 1. The van der Waals surface area contributed by atoms with Crippen molar-refractivity contribution in [2.45, 2.75) is 11.3 Å². The number of anilines is 1. The van der Waals surface area contributed by atoms with E-state index in [2.05, 4.69) is 16.0 Å². The van der Waals surface area contributed by atoms with Crippen LogP contribution in [0.3, 0.4) is 0 Å². The number of para-hydroxylation sites is 1. The zero-order chi connectivity index (χ0) is 12.0. The molecule has 0 saturated carbocycles. The molecule has 0 atom stereocenters. The molecule has 1 rings (SSSR count). The van der Waals surface area contributed by atoms with E-state index in [4.69, 9.17) is 6.42 Å². The number of hydrogen-bond donors (Lipinski definition) is 2. The van der Waals surface area contributed by atoms with Crippen molar-refractivity contribution in [3.8, 4) is 12.3 Å². The van der Waals surface area contributed by atoms with E-state index in [1.165, 1.54) is 7.05 Å². The van der Waals surface area contributed by atoms with E-state index >= 15 is 0 Å². The number of benzene rings is 1. The smallest absolute Gasteiger partial charge is 0.242 e. The highest BCUT2D eigenvalue weighted by atomic mass is 32.2. The lowest BCUT2D eigenvalue weighted by Gasteiger charge is -2.10. The number of sulfonamides is 1. The molecule has 5 heteroatoms. The molecule has 2 N–H and O–H groups in total. The Labute approximate surface area is 96.1 Å². The van der Waals surface area contributed by atoms with Gasteiger partial charge in [-0.2, -0.15) is 0 Å². The summed E-state index contributed by atoms with van der Waals surface area (Å²) in [5.41, 5.74) is 0.562. The van der Waals surface area contributed by atoms with Crippen molar-refractivity contribution in [2.24, 2.45) is 0 Å². The Hall–Kier alpha value is -1.51. The molecule has 0 unspecified atom stereocenters.